The SMILES string of the molecule is CC(CO)CNC(=O)CCOC1CCNCC1. The zero-order valence-corrected chi connectivity index (χ0v) is 10.6. The summed E-state index contributed by atoms with van der Waals surface area (Å²) in [5.74, 6) is 0.114. The Morgan fingerprint density at radius 2 is 2.24 bits per heavy atom. The lowest BCUT2D eigenvalue weighted by Gasteiger charge is -2.22. The van der Waals surface area contributed by atoms with Crippen molar-refractivity contribution in [2.24, 2.45) is 5.92 Å². The molecule has 0 bridgehead atoms. The van der Waals surface area contributed by atoms with E-state index in [1.807, 2.05) is 6.92 Å². The Morgan fingerprint density at radius 1 is 1.53 bits per heavy atom. The van der Waals surface area contributed by atoms with Crippen LogP contribution in [0, 0.1) is 5.92 Å². The predicted molar refractivity (Wildman–Crippen MR) is 65.7 cm³/mol. The van der Waals surface area contributed by atoms with Gasteiger partial charge in [0.25, 0.3) is 0 Å². The van der Waals surface area contributed by atoms with Gasteiger partial charge >= 0.3 is 0 Å². The quantitative estimate of drug-likeness (QED) is 0.584. The number of amides is 1. The lowest BCUT2D eigenvalue weighted by molar-refractivity contribution is -0.123. The highest BCUT2D eigenvalue weighted by Gasteiger charge is 2.13. The molecule has 1 amide bonds. The molecule has 1 atom stereocenters. The third-order valence-corrected chi connectivity index (χ3v) is 2.93. The van der Waals surface area contributed by atoms with Gasteiger partial charge in [-0.15, -0.1) is 0 Å². The first-order valence-electron chi connectivity index (χ1n) is 6.42. The summed E-state index contributed by atoms with van der Waals surface area (Å²) in [5.41, 5.74) is 0. The number of aliphatic hydroxyl groups excluding tert-OH is 1. The summed E-state index contributed by atoms with van der Waals surface area (Å²) in [6, 6.07) is 0. The molecule has 1 fully saturated rings. The van der Waals surface area contributed by atoms with Crippen LogP contribution in [-0.4, -0.2) is 50.0 Å². The molecule has 0 aromatic heterocycles. The molecule has 0 saturated carbocycles. The number of rotatable bonds is 7. The van der Waals surface area contributed by atoms with E-state index >= 15 is 0 Å². The third kappa shape index (κ3) is 6.61. The van der Waals surface area contributed by atoms with E-state index in [0.29, 0.717) is 25.7 Å². The largest absolute Gasteiger partial charge is 0.396 e. The summed E-state index contributed by atoms with van der Waals surface area (Å²) in [4.78, 5) is 11.4. The van der Waals surface area contributed by atoms with Crippen LogP contribution in [0.3, 0.4) is 0 Å². The van der Waals surface area contributed by atoms with Crippen LogP contribution in [0.5, 0.6) is 0 Å². The summed E-state index contributed by atoms with van der Waals surface area (Å²) < 4.78 is 5.64. The van der Waals surface area contributed by atoms with Crippen LogP contribution in [0.4, 0.5) is 0 Å². The summed E-state index contributed by atoms with van der Waals surface area (Å²) in [6.07, 6.45) is 2.77. The van der Waals surface area contributed by atoms with Crippen molar-refractivity contribution in [3.05, 3.63) is 0 Å². The van der Waals surface area contributed by atoms with Gasteiger partial charge in [-0.1, -0.05) is 6.92 Å². The topological polar surface area (TPSA) is 70.6 Å². The van der Waals surface area contributed by atoms with Gasteiger partial charge in [-0.05, 0) is 31.8 Å². The molecule has 17 heavy (non-hydrogen) atoms. The predicted octanol–water partition coefficient (Wildman–Crippen LogP) is -0.110. The summed E-state index contributed by atoms with van der Waals surface area (Å²) in [5, 5.41) is 14.9. The van der Waals surface area contributed by atoms with Gasteiger partial charge in [0, 0.05) is 19.6 Å². The highest BCUT2D eigenvalue weighted by Crippen LogP contribution is 2.07. The minimum atomic E-state index is -0.000709. The first kappa shape index (κ1) is 14.4. The number of hydrogen-bond acceptors (Lipinski definition) is 4. The van der Waals surface area contributed by atoms with Crippen LogP contribution in [-0.2, 0) is 9.53 Å². The molecule has 1 saturated heterocycles. The Labute approximate surface area is 103 Å². The lowest BCUT2D eigenvalue weighted by atomic mass is 10.1. The van der Waals surface area contributed by atoms with Crippen molar-refractivity contribution in [3.8, 4) is 0 Å². The second kappa shape index (κ2) is 8.44. The van der Waals surface area contributed by atoms with Crippen LogP contribution < -0.4 is 10.6 Å². The van der Waals surface area contributed by atoms with E-state index < -0.39 is 0 Å². The van der Waals surface area contributed by atoms with Crippen LogP contribution in [0.15, 0.2) is 0 Å². The van der Waals surface area contributed by atoms with E-state index in [9.17, 15) is 4.79 Å². The Bertz CT molecular complexity index is 218. The summed E-state index contributed by atoms with van der Waals surface area (Å²) >= 11 is 0. The Morgan fingerprint density at radius 3 is 2.88 bits per heavy atom. The Balaban J connectivity index is 1.99. The smallest absolute Gasteiger partial charge is 0.222 e. The minimum Gasteiger partial charge on any atom is -0.396 e. The molecule has 0 radical (unpaired) electrons. The molecule has 5 heteroatoms. The van der Waals surface area contributed by atoms with Gasteiger partial charge < -0.3 is 20.5 Å². The van der Waals surface area contributed by atoms with Crippen molar-refractivity contribution in [1.82, 2.24) is 10.6 Å². The number of piperidine rings is 1. The summed E-state index contributed by atoms with van der Waals surface area (Å²) in [7, 11) is 0. The zero-order chi connectivity index (χ0) is 12.5. The molecule has 1 unspecified atom stereocenters. The van der Waals surface area contributed by atoms with Gasteiger partial charge in [-0.3, -0.25) is 4.79 Å². The molecule has 1 heterocycles. The van der Waals surface area contributed by atoms with Crippen LogP contribution in [0.2, 0.25) is 0 Å². The maximum Gasteiger partial charge on any atom is 0.222 e. The van der Waals surface area contributed by atoms with Gasteiger partial charge in [0.05, 0.1) is 12.7 Å². The van der Waals surface area contributed by atoms with Crippen LogP contribution >= 0.6 is 0 Å². The standard InChI is InChI=1S/C12H24N2O3/c1-10(9-15)8-14-12(16)4-7-17-11-2-5-13-6-3-11/h10-11,13,15H,2-9H2,1H3,(H,14,16). The average Bonchev–Trinajstić information content (AvgIpc) is 2.37. The van der Waals surface area contributed by atoms with Crippen molar-refractivity contribution in [3.63, 3.8) is 0 Å². The number of ether oxygens (including phenoxy) is 1. The number of aliphatic hydroxyl groups is 1. The van der Waals surface area contributed by atoms with Gasteiger partial charge in [0.15, 0.2) is 0 Å². The number of hydrogen-bond donors (Lipinski definition) is 3. The molecule has 100 valence electrons. The zero-order valence-electron chi connectivity index (χ0n) is 10.6. The lowest BCUT2D eigenvalue weighted by Crippen LogP contribution is -2.34. The Hall–Kier alpha value is -0.650. The van der Waals surface area contributed by atoms with E-state index in [1.165, 1.54) is 0 Å². The van der Waals surface area contributed by atoms with Gasteiger partial charge in [0.2, 0.25) is 5.91 Å². The van der Waals surface area contributed by atoms with E-state index in [4.69, 9.17) is 9.84 Å². The number of carbonyl (C=O) groups is 1. The molecule has 1 rings (SSSR count). The van der Waals surface area contributed by atoms with Crippen molar-refractivity contribution in [2.45, 2.75) is 32.3 Å². The highest BCUT2D eigenvalue weighted by atomic mass is 16.5. The number of nitrogens with one attached hydrogen (secondary N) is 2. The molecule has 0 aliphatic carbocycles. The van der Waals surface area contributed by atoms with Gasteiger partial charge in [0.1, 0.15) is 0 Å². The van der Waals surface area contributed by atoms with Crippen molar-refractivity contribution in [1.29, 1.82) is 0 Å². The van der Waals surface area contributed by atoms with E-state index in [-0.39, 0.29) is 18.4 Å². The fourth-order valence-electron chi connectivity index (χ4n) is 1.72. The molecule has 0 spiro atoms. The molecular formula is C12H24N2O3. The molecule has 0 aromatic carbocycles. The Kier molecular flexibility index (Phi) is 7.16. The first-order chi connectivity index (χ1) is 8.22. The molecule has 1 aliphatic heterocycles. The molecular weight excluding hydrogens is 220 g/mol. The molecule has 5 nitrogen and oxygen atoms in total. The second-order valence-corrected chi connectivity index (χ2v) is 4.66. The second-order valence-electron chi connectivity index (χ2n) is 4.66. The normalized spacial score (nSPS) is 18.9. The van der Waals surface area contributed by atoms with E-state index in [1.54, 1.807) is 0 Å². The van der Waals surface area contributed by atoms with Gasteiger partial charge in [-0.2, -0.15) is 0 Å². The van der Waals surface area contributed by atoms with Crippen molar-refractivity contribution < 1.29 is 14.6 Å². The van der Waals surface area contributed by atoms with E-state index in [2.05, 4.69) is 10.6 Å². The monoisotopic (exact) mass is 244 g/mol. The maximum atomic E-state index is 11.4. The van der Waals surface area contributed by atoms with Crippen LogP contribution in [0.25, 0.3) is 0 Å². The van der Waals surface area contributed by atoms with Gasteiger partial charge in [-0.25, -0.2) is 0 Å². The highest BCUT2D eigenvalue weighted by molar-refractivity contribution is 5.75. The van der Waals surface area contributed by atoms with Crippen molar-refractivity contribution >= 4 is 5.91 Å². The fourth-order valence-corrected chi connectivity index (χ4v) is 1.72. The van der Waals surface area contributed by atoms with Crippen molar-refractivity contribution in [2.75, 3.05) is 32.8 Å². The maximum absolute atomic E-state index is 11.4. The van der Waals surface area contributed by atoms with Crippen LogP contribution in [0.1, 0.15) is 26.2 Å². The molecule has 3 N–H and O–H groups in total. The molecule has 0 aromatic rings. The van der Waals surface area contributed by atoms with E-state index in [0.717, 1.165) is 25.9 Å². The third-order valence-electron chi connectivity index (χ3n) is 2.93. The minimum absolute atomic E-state index is 0.000709. The summed E-state index contributed by atoms with van der Waals surface area (Å²) in [6.45, 7) is 5.03. The first-order valence-corrected chi connectivity index (χ1v) is 6.42. The number of carbonyl (C=O) groups excluding carboxylic acids is 1. The molecule has 1 aliphatic rings. The average molecular weight is 244 g/mol. The fraction of sp³-hybridized carbons (Fsp3) is 0.917.